The zero-order valence-electron chi connectivity index (χ0n) is 18.9. The van der Waals surface area contributed by atoms with Gasteiger partial charge in [-0.1, -0.05) is 18.2 Å². The summed E-state index contributed by atoms with van der Waals surface area (Å²) in [6.07, 6.45) is 2.87. The van der Waals surface area contributed by atoms with E-state index < -0.39 is 9.84 Å². The van der Waals surface area contributed by atoms with E-state index in [0.29, 0.717) is 29.8 Å². The topological polar surface area (TPSA) is 90.3 Å². The molecule has 1 aliphatic rings. The van der Waals surface area contributed by atoms with Gasteiger partial charge in [-0.25, -0.2) is 13.4 Å². The molecule has 4 rings (SSSR count). The highest BCUT2D eigenvalue weighted by molar-refractivity contribution is 7.90. The Morgan fingerprint density at radius 3 is 2.56 bits per heavy atom. The number of para-hydroxylation sites is 1. The second-order valence-electron chi connectivity index (χ2n) is 8.61. The van der Waals surface area contributed by atoms with Crippen LogP contribution >= 0.6 is 0 Å². The fourth-order valence-electron chi connectivity index (χ4n) is 4.44. The van der Waals surface area contributed by atoms with Gasteiger partial charge < -0.3 is 10.1 Å². The van der Waals surface area contributed by atoms with Crippen LogP contribution in [0.2, 0.25) is 0 Å². The summed E-state index contributed by atoms with van der Waals surface area (Å²) in [6, 6.07) is 10.5. The van der Waals surface area contributed by atoms with Crippen LogP contribution < -0.4 is 10.9 Å². The van der Waals surface area contributed by atoms with Gasteiger partial charge >= 0.3 is 0 Å². The van der Waals surface area contributed by atoms with Crippen molar-refractivity contribution >= 4 is 26.4 Å². The molecule has 2 heterocycles. The van der Waals surface area contributed by atoms with Gasteiger partial charge in [-0.15, -0.1) is 0 Å². The number of sulfone groups is 1. The standard InChI is InChI=1S/C24H29N3O4S/c1-15-13-18(16(2)25-20-7-5-6-8-21(20)32(4,29)30)22-19(14-15)24(28)27(3)23(26-22)17-9-11-31-12-10-17/h5-8,13-14,16-17,25H,9-12H2,1-4H3/t16-/m1/s1. The smallest absolute Gasteiger partial charge is 0.261 e. The zero-order chi connectivity index (χ0) is 23.0. The maximum atomic E-state index is 13.3. The van der Waals surface area contributed by atoms with E-state index in [1.807, 2.05) is 26.0 Å². The number of nitrogens with zero attached hydrogens (tertiary/aromatic N) is 2. The highest BCUT2D eigenvalue weighted by Gasteiger charge is 2.24. The van der Waals surface area contributed by atoms with Gasteiger partial charge in [0, 0.05) is 38.0 Å². The van der Waals surface area contributed by atoms with Crippen molar-refractivity contribution in [2.45, 2.75) is 43.5 Å². The molecule has 1 saturated heterocycles. The average Bonchev–Trinajstić information content (AvgIpc) is 2.76. The third kappa shape index (κ3) is 4.29. The van der Waals surface area contributed by atoms with Crippen molar-refractivity contribution in [3.05, 3.63) is 63.7 Å². The molecule has 1 aliphatic heterocycles. The first kappa shape index (κ1) is 22.5. The van der Waals surface area contributed by atoms with E-state index >= 15 is 0 Å². The molecular weight excluding hydrogens is 426 g/mol. The van der Waals surface area contributed by atoms with E-state index in [-0.39, 0.29) is 22.4 Å². The molecule has 1 atom stereocenters. The summed E-state index contributed by atoms with van der Waals surface area (Å²) in [6.45, 7) is 5.24. The second kappa shape index (κ2) is 8.67. The summed E-state index contributed by atoms with van der Waals surface area (Å²) in [5.41, 5.74) is 2.96. The summed E-state index contributed by atoms with van der Waals surface area (Å²) >= 11 is 0. The molecule has 170 valence electrons. The molecule has 0 spiro atoms. The van der Waals surface area contributed by atoms with Crippen molar-refractivity contribution in [2.75, 3.05) is 24.8 Å². The Morgan fingerprint density at radius 2 is 1.88 bits per heavy atom. The molecule has 1 aromatic heterocycles. The van der Waals surface area contributed by atoms with E-state index in [2.05, 4.69) is 5.32 Å². The first-order valence-corrected chi connectivity index (χ1v) is 12.7. The first-order chi connectivity index (χ1) is 15.2. The second-order valence-corrected chi connectivity index (χ2v) is 10.6. The van der Waals surface area contributed by atoms with Crippen LogP contribution in [-0.2, 0) is 21.6 Å². The molecular formula is C24H29N3O4S. The molecule has 32 heavy (non-hydrogen) atoms. The SMILES string of the molecule is Cc1cc([C@@H](C)Nc2ccccc2S(C)(=O)=O)c2nc(C3CCOCC3)n(C)c(=O)c2c1. The van der Waals surface area contributed by atoms with Crippen LogP contribution in [0.25, 0.3) is 10.9 Å². The zero-order valence-corrected chi connectivity index (χ0v) is 19.7. The fraction of sp³-hybridized carbons (Fsp3) is 0.417. The Labute approximate surface area is 188 Å². The predicted molar refractivity (Wildman–Crippen MR) is 126 cm³/mol. The molecule has 0 radical (unpaired) electrons. The molecule has 0 bridgehead atoms. The van der Waals surface area contributed by atoms with Gasteiger partial charge in [-0.05, 0) is 50.5 Å². The molecule has 3 aromatic rings. The van der Waals surface area contributed by atoms with Gasteiger partial charge in [0.25, 0.3) is 5.56 Å². The summed E-state index contributed by atoms with van der Waals surface area (Å²) < 4.78 is 31.6. The highest BCUT2D eigenvalue weighted by Crippen LogP contribution is 2.31. The van der Waals surface area contributed by atoms with Crippen LogP contribution in [-0.4, -0.2) is 37.4 Å². The number of ether oxygens (including phenoxy) is 1. The Hall–Kier alpha value is -2.71. The number of hydrogen-bond donors (Lipinski definition) is 1. The maximum Gasteiger partial charge on any atom is 0.261 e. The Kier molecular flexibility index (Phi) is 6.09. The Morgan fingerprint density at radius 1 is 1.19 bits per heavy atom. The van der Waals surface area contributed by atoms with Crippen molar-refractivity contribution in [2.24, 2.45) is 7.05 Å². The van der Waals surface area contributed by atoms with Gasteiger partial charge in [-0.3, -0.25) is 9.36 Å². The number of rotatable bonds is 5. The number of fused-ring (bicyclic) bond motifs is 1. The summed E-state index contributed by atoms with van der Waals surface area (Å²) in [7, 11) is -1.61. The molecule has 1 fully saturated rings. The van der Waals surface area contributed by atoms with Gasteiger partial charge in [0.15, 0.2) is 9.84 Å². The van der Waals surface area contributed by atoms with Crippen molar-refractivity contribution in [3.63, 3.8) is 0 Å². The van der Waals surface area contributed by atoms with Crippen LogP contribution in [0.3, 0.4) is 0 Å². The number of aryl methyl sites for hydroxylation is 1. The summed E-state index contributed by atoms with van der Waals surface area (Å²) in [4.78, 5) is 18.5. The van der Waals surface area contributed by atoms with Crippen molar-refractivity contribution < 1.29 is 13.2 Å². The lowest BCUT2D eigenvalue weighted by molar-refractivity contribution is 0.0828. The number of benzene rings is 2. The van der Waals surface area contributed by atoms with Gasteiger partial charge in [-0.2, -0.15) is 0 Å². The minimum atomic E-state index is -3.39. The fourth-order valence-corrected chi connectivity index (χ4v) is 5.29. The van der Waals surface area contributed by atoms with E-state index in [4.69, 9.17) is 9.72 Å². The maximum absolute atomic E-state index is 13.3. The minimum absolute atomic E-state index is 0.0647. The molecule has 0 amide bonds. The average molecular weight is 456 g/mol. The van der Waals surface area contributed by atoms with Crippen molar-refractivity contribution in [1.29, 1.82) is 0 Å². The predicted octanol–water partition coefficient (Wildman–Crippen LogP) is 3.71. The van der Waals surface area contributed by atoms with Gasteiger partial charge in [0.05, 0.1) is 27.5 Å². The summed E-state index contributed by atoms with van der Waals surface area (Å²) in [5, 5.41) is 3.91. The van der Waals surface area contributed by atoms with Gasteiger partial charge in [0.1, 0.15) is 5.82 Å². The Bertz CT molecular complexity index is 1330. The number of aromatic nitrogens is 2. The van der Waals surface area contributed by atoms with Crippen LogP contribution in [0, 0.1) is 6.92 Å². The number of anilines is 1. The van der Waals surface area contributed by atoms with Crippen LogP contribution in [0.4, 0.5) is 5.69 Å². The number of nitrogens with one attached hydrogen (secondary N) is 1. The van der Waals surface area contributed by atoms with E-state index in [1.165, 1.54) is 6.26 Å². The number of hydrogen-bond acceptors (Lipinski definition) is 6. The van der Waals surface area contributed by atoms with Crippen molar-refractivity contribution in [1.82, 2.24) is 9.55 Å². The monoisotopic (exact) mass is 455 g/mol. The lowest BCUT2D eigenvalue weighted by Gasteiger charge is -2.25. The van der Waals surface area contributed by atoms with Crippen LogP contribution in [0.1, 0.15) is 48.7 Å². The molecule has 8 heteroatoms. The molecule has 0 aliphatic carbocycles. The largest absolute Gasteiger partial charge is 0.381 e. The van der Waals surface area contributed by atoms with E-state index in [0.717, 1.165) is 29.8 Å². The molecule has 2 aromatic carbocycles. The molecule has 0 saturated carbocycles. The highest BCUT2D eigenvalue weighted by atomic mass is 32.2. The molecule has 7 nitrogen and oxygen atoms in total. The van der Waals surface area contributed by atoms with Crippen LogP contribution in [0.5, 0.6) is 0 Å². The van der Waals surface area contributed by atoms with E-state index in [1.54, 1.807) is 35.9 Å². The summed E-state index contributed by atoms with van der Waals surface area (Å²) in [5.74, 6) is 0.953. The normalized spacial score (nSPS) is 16.2. The lowest BCUT2D eigenvalue weighted by Crippen LogP contribution is -2.27. The molecule has 1 N–H and O–H groups in total. The molecule has 0 unspecified atom stereocenters. The Balaban J connectivity index is 1.84. The van der Waals surface area contributed by atoms with Crippen molar-refractivity contribution in [3.8, 4) is 0 Å². The first-order valence-electron chi connectivity index (χ1n) is 10.8. The third-order valence-electron chi connectivity index (χ3n) is 6.10. The minimum Gasteiger partial charge on any atom is -0.381 e. The quantitative estimate of drug-likeness (QED) is 0.631. The van der Waals surface area contributed by atoms with Gasteiger partial charge in [0.2, 0.25) is 0 Å². The third-order valence-corrected chi connectivity index (χ3v) is 7.26. The lowest BCUT2D eigenvalue weighted by atomic mass is 9.97. The van der Waals surface area contributed by atoms with Crippen LogP contribution in [0.15, 0.2) is 46.1 Å². The van der Waals surface area contributed by atoms with E-state index in [9.17, 15) is 13.2 Å².